The maximum absolute atomic E-state index is 12.7. The molecule has 0 bridgehead atoms. The molecule has 8 nitrogen and oxygen atoms in total. The monoisotopic (exact) mass is 386 g/mol. The molecule has 142 valence electrons. The van der Waals surface area contributed by atoms with E-state index >= 15 is 0 Å². The number of fused-ring (bicyclic) bond motifs is 1. The molecule has 0 radical (unpaired) electrons. The zero-order valence-corrected chi connectivity index (χ0v) is 16.2. The number of benzene rings is 1. The number of urea groups is 1. The Morgan fingerprint density at radius 1 is 1.44 bits per heavy atom. The third-order valence-corrected chi connectivity index (χ3v) is 5.29. The van der Waals surface area contributed by atoms with Crippen LogP contribution in [0.25, 0.3) is 11.1 Å². The van der Waals surface area contributed by atoms with Gasteiger partial charge in [0.05, 0.1) is 0 Å². The van der Waals surface area contributed by atoms with Gasteiger partial charge in [0.1, 0.15) is 11.3 Å². The Morgan fingerprint density at radius 2 is 2.33 bits per heavy atom. The van der Waals surface area contributed by atoms with Gasteiger partial charge in [-0.15, -0.1) is 0 Å². The first-order valence-corrected chi connectivity index (χ1v) is 10.1. The number of aromatic amines is 1. The third kappa shape index (κ3) is 3.92. The molecule has 1 unspecified atom stereocenters. The molecule has 3 heterocycles. The van der Waals surface area contributed by atoms with E-state index in [0.29, 0.717) is 23.0 Å². The average molecular weight is 386 g/mol. The number of likely N-dealkylation sites (tertiary alicyclic amines) is 1. The Kier molecular flexibility index (Phi) is 5.02. The number of nitrogens with zero attached hydrogens (tertiary/aromatic N) is 4. The van der Waals surface area contributed by atoms with Gasteiger partial charge in [0.25, 0.3) is 5.22 Å². The molecule has 1 saturated heterocycles. The van der Waals surface area contributed by atoms with Gasteiger partial charge in [0.15, 0.2) is 11.4 Å². The molecule has 3 aromatic rings. The van der Waals surface area contributed by atoms with Crippen LogP contribution >= 0.6 is 11.8 Å². The molecule has 2 amide bonds. The van der Waals surface area contributed by atoms with Gasteiger partial charge in [0, 0.05) is 30.8 Å². The fourth-order valence-corrected chi connectivity index (χ4v) is 3.84. The lowest BCUT2D eigenvalue weighted by Gasteiger charge is -2.31. The van der Waals surface area contributed by atoms with Gasteiger partial charge in [0.2, 0.25) is 0 Å². The van der Waals surface area contributed by atoms with E-state index in [0.717, 1.165) is 42.3 Å². The number of nitrogens with one attached hydrogen (secondary N) is 2. The number of carbonyl (C=O) groups excluding carboxylic acids is 1. The van der Waals surface area contributed by atoms with Crippen LogP contribution in [0.3, 0.4) is 0 Å². The SMILES string of the molecule is CCSc1nc2ccc(NC(=O)N3CCCC(c4n[nH]c(C)n4)C3)cc2o1. The number of aryl methyl sites for hydroxylation is 1. The normalized spacial score (nSPS) is 17.4. The Morgan fingerprint density at radius 3 is 3.11 bits per heavy atom. The summed E-state index contributed by atoms with van der Waals surface area (Å²) < 4.78 is 5.72. The second-order valence-electron chi connectivity index (χ2n) is 6.59. The zero-order chi connectivity index (χ0) is 18.8. The lowest BCUT2D eigenvalue weighted by molar-refractivity contribution is 0.191. The van der Waals surface area contributed by atoms with E-state index in [9.17, 15) is 4.79 Å². The van der Waals surface area contributed by atoms with E-state index < -0.39 is 0 Å². The minimum Gasteiger partial charge on any atom is -0.431 e. The zero-order valence-electron chi connectivity index (χ0n) is 15.4. The molecule has 27 heavy (non-hydrogen) atoms. The van der Waals surface area contributed by atoms with Gasteiger partial charge >= 0.3 is 6.03 Å². The number of anilines is 1. The average Bonchev–Trinajstić information content (AvgIpc) is 3.27. The van der Waals surface area contributed by atoms with Crippen molar-refractivity contribution in [2.45, 2.75) is 37.8 Å². The quantitative estimate of drug-likeness (QED) is 0.662. The lowest BCUT2D eigenvalue weighted by atomic mass is 9.98. The molecule has 9 heteroatoms. The summed E-state index contributed by atoms with van der Waals surface area (Å²) in [4.78, 5) is 23.4. The van der Waals surface area contributed by atoms with E-state index in [-0.39, 0.29) is 11.9 Å². The molecule has 1 aliphatic heterocycles. The highest BCUT2D eigenvalue weighted by Crippen LogP contribution is 2.27. The summed E-state index contributed by atoms with van der Waals surface area (Å²) in [5.74, 6) is 2.65. The van der Waals surface area contributed by atoms with Crippen LogP contribution in [0.4, 0.5) is 10.5 Å². The third-order valence-electron chi connectivity index (χ3n) is 4.58. The number of aromatic nitrogens is 4. The molecule has 1 aromatic carbocycles. The van der Waals surface area contributed by atoms with E-state index in [4.69, 9.17) is 4.42 Å². The summed E-state index contributed by atoms with van der Waals surface area (Å²) in [5, 5.41) is 10.7. The van der Waals surface area contributed by atoms with Crippen molar-refractivity contribution in [3.8, 4) is 0 Å². The van der Waals surface area contributed by atoms with Crippen molar-refractivity contribution in [2.75, 3.05) is 24.2 Å². The predicted octanol–water partition coefficient (Wildman–Crippen LogP) is 3.78. The number of hydrogen-bond acceptors (Lipinski definition) is 6. The number of oxazole rings is 1. The minimum absolute atomic E-state index is 0.117. The summed E-state index contributed by atoms with van der Waals surface area (Å²) in [5.41, 5.74) is 2.17. The molecule has 0 aliphatic carbocycles. The number of amides is 2. The van der Waals surface area contributed by atoms with Crippen LogP contribution in [-0.2, 0) is 0 Å². The fourth-order valence-electron chi connectivity index (χ4n) is 3.28. The molecule has 2 N–H and O–H groups in total. The second-order valence-corrected chi connectivity index (χ2v) is 7.80. The minimum atomic E-state index is -0.117. The molecular weight excluding hydrogens is 364 g/mol. The van der Waals surface area contributed by atoms with Crippen molar-refractivity contribution in [2.24, 2.45) is 0 Å². The Hall–Kier alpha value is -2.55. The summed E-state index contributed by atoms with van der Waals surface area (Å²) in [6.45, 7) is 5.28. The second kappa shape index (κ2) is 7.59. The molecule has 1 atom stereocenters. The number of rotatable bonds is 4. The standard InChI is InChI=1S/C18H22N6O2S/c1-3-27-18-21-14-7-6-13(9-15(14)26-18)20-17(25)24-8-4-5-12(10-24)16-19-11(2)22-23-16/h6-7,9,12H,3-5,8,10H2,1-2H3,(H,20,25)(H,19,22,23). The topological polar surface area (TPSA) is 99.9 Å². The molecule has 0 spiro atoms. The molecule has 0 saturated carbocycles. The predicted molar refractivity (Wildman–Crippen MR) is 104 cm³/mol. The van der Waals surface area contributed by atoms with Crippen LogP contribution in [0.1, 0.15) is 37.3 Å². The first-order chi connectivity index (χ1) is 13.1. The first-order valence-electron chi connectivity index (χ1n) is 9.10. The Balaban J connectivity index is 1.44. The van der Waals surface area contributed by atoms with E-state index in [1.54, 1.807) is 11.8 Å². The summed E-state index contributed by atoms with van der Waals surface area (Å²) >= 11 is 1.56. The maximum Gasteiger partial charge on any atom is 0.321 e. The highest BCUT2D eigenvalue weighted by molar-refractivity contribution is 7.99. The van der Waals surface area contributed by atoms with E-state index in [2.05, 4.69) is 32.4 Å². The molecule has 1 aliphatic rings. The lowest BCUT2D eigenvalue weighted by Crippen LogP contribution is -2.41. The van der Waals surface area contributed by atoms with Crippen molar-refractivity contribution in [3.05, 3.63) is 29.8 Å². The van der Waals surface area contributed by atoms with Crippen LogP contribution in [0.15, 0.2) is 27.8 Å². The van der Waals surface area contributed by atoms with Gasteiger partial charge in [-0.3, -0.25) is 5.10 Å². The van der Waals surface area contributed by atoms with Gasteiger partial charge in [-0.1, -0.05) is 18.7 Å². The van der Waals surface area contributed by atoms with Crippen molar-refractivity contribution in [3.63, 3.8) is 0 Å². The van der Waals surface area contributed by atoms with Crippen molar-refractivity contribution >= 4 is 34.6 Å². The van der Waals surface area contributed by atoms with Gasteiger partial charge in [-0.05, 0) is 37.7 Å². The summed E-state index contributed by atoms with van der Waals surface area (Å²) in [6, 6.07) is 5.42. The molecule has 4 rings (SSSR count). The summed E-state index contributed by atoms with van der Waals surface area (Å²) in [7, 11) is 0. The molecular formula is C18H22N6O2S. The van der Waals surface area contributed by atoms with Crippen LogP contribution in [0, 0.1) is 6.92 Å². The van der Waals surface area contributed by atoms with E-state index in [1.807, 2.05) is 30.0 Å². The van der Waals surface area contributed by atoms with Crippen molar-refractivity contribution in [1.82, 2.24) is 25.1 Å². The maximum atomic E-state index is 12.7. The van der Waals surface area contributed by atoms with E-state index in [1.165, 1.54) is 0 Å². The number of H-pyrrole nitrogens is 1. The molecule has 1 fully saturated rings. The van der Waals surface area contributed by atoms with Crippen LogP contribution < -0.4 is 5.32 Å². The Bertz CT molecular complexity index is 952. The van der Waals surface area contributed by atoms with Crippen LogP contribution in [0.2, 0.25) is 0 Å². The highest BCUT2D eigenvalue weighted by atomic mass is 32.2. The number of piperidine rings is 1. The van der Waals surface area contributed by atoms with Gasteiger partial charge < -0.3 is 14.6 Å². The van der Waals surface area contributed by atoms with Gasteiger partial charge in [-0.25, -0.2) is 14.8 Å². The molecule has 2 aromatic heterocycles. The highest BCUT2D eigenvalue weighted by Gasteiger charge is 2.27. The van der Waals surface area contributed by atoms with Crippen LogP contribution in [-0.4, -0.2) is 49.9 Å². The smallest absolute Gasteiger partial charge is 0.321 e. The fraction of sp³-hybridized carbons (Fsp3) is 0.444. The number of thioether (sulfide) groups is 1. The summed E-state index contributed by atoms with van der Waals surface area (Å²) in [6.07, 6.45) is 1.92. The van der Waals surface area contributed by atoms with Gasteiger partial charge in [-0.2, -0.15) is 5.10 Å². The first kappa shape index (κ1) is 17.8. The number of hydrogen-bond donors (Lipinski definition) is 2. The largest absolute Gasteiger partial charge is 0.431 e. The van der Waals surface area contributed by atoms with Crippen molar-refractivity contribution in [1.29, 1.82) is 0 Å². The number of carbonyl (C=O) groups is 1. The Labute approximate surface area is 161 Å². The van der Waals surface area contributed by atoms with Crippen molar-refractivity contribution < 1.29 is 9.21 Å². The van der Waals surface area contributed by atoms with Crippen LogP contribution in [0.5, 0.6) is 0 Å².